The number of para-hydroxylation sites is 1. The van der Waals surface area contributed by atoms with Gasteiger partial charge in [-0.2, -0.15) is 5.10 Å². The maximum absolute atomic E-state index is 12.2. The molecule has 25 heavy (non-hydrogen) atoms. The average molecular weight is 339 g/mol. The van der Waals surface area contributed by atoms with Crippen molar-refractivity contribution in [3.8, 4) is 0 Å². The molecule has 0 aliphatic heterocycles. The highest BCUT2D eigenvalue weighted by Crippen LogP contribution is 2.16. The largest absolute Gasteiger partial charge is 0.367 e. The molecular weight excluding hydrogens is 318 g/mol. The van der Waals surface area contributed by atoms with E-state index in [4.69, 9.17) is 4.74 Å². The van der Waals surface area contributed by atoms with E-state index in [1.54, 1.807) is 31.2 Å². The van der Waals surface area contributed by atoms with Gasteiger partial charge in [0.25, 0.3) is 5.91 Å². The molecule has 0 aliphatic carbocycles. The number of methoxy groups -OCH3 is 1. The van der Waals surface area contributed by atoms with E-state index >= 15 is 0 Å². The van der Waals surface area contributed by atoms with Crippen LogP contribution in [-0.4, -0.2) is 24.6 Å². The third-order valence-corrected chi connectivity index (χ3v) is 3.41. The first-order valence-electron chi connectivity index (χ1n) is 7.86. The monoisotopic (exact) mass is 339 g/mol. The molecule has 6 nitrogen and oxygen atoms in total. The molecule has 0 heterocycles. The van der Waals surface area contributed by atoms with Gasteiger partial charge in [0.15, 0.2) is 6.10 Å². The van der Waals surface area contributed by atoms with E-state index in [2.05, 4.69) is 15.8 Å². The summed E-state index contributed by atoms with van der Waals surface area (Å²) in [4.78, 5) is 24.2. The van der Waals surface area contributed by atoms with Gasteiger partial charge < -0.3 is 10.1 Å². The zero-order valence-electron chi connectivity index (χ0n) is 14.2. The lowest BCUT2D eigenvalue weighted by Gasteiger charge is -2.14. The number of ether oxygens (including phenoxy) is 1. The SMILES string of the molecule is CO[C@H](C(=O)N/N=C(/C)CC(=O)Nc1ccccc1)c1ccccc1. The molecule has 0 bridgehead atoms. The predicted molar refractivity (Wildman–Crippen MR) is 97.1 cm³/mol. The number of hydrazone groups is 1. The van der Waals surface area contributed by atoms with Gasteiger partial charge in [-0.25, -0.2) is 5.43 Å². The molecule has 130 valence electrons. The van der Waals surface area contributed by atoms with E-state index < -0.39 is 12.0 Å². The highest BCUT2D eigenvalue weighted by molar-refractivity contribution is 6.05. The van der Waals surface area contributed by atoms with Crippen molar-refractivity contribution < 1.29 is 14.3 Å². The van der Waals surface area contributed by atoms with Crippen molar-refractivity contribution in [1.82, 2.24) is 5.43 Å². The van der Waals surface area contributed by atoms with E-state index in [1.165, 1.54) is 7.11 Å². The second kappa shape index (κ2) is 9.34. The van der Waals surface area contributed by atoms with Crippen LogP contribution in [0.4, 0.5) is 5.69 Å². The van der Waals surface area contributed by atoms with Gasteiger partial charge in [-0.05, 0) is 24.6 Å². The van der Waals surface area contributed by atoms with Crippen LogP contribution >= 0.6 is 0 Å². The molecule has 0 saturated carbocycles. The quantitative estimate of drug-likeness (QED) is 0.601. The lowest BCUT2D eigenvalue weighted by molar-refractivity contribution is -0.131. The van der Waals surface area contributed by atoms with Crippen molar-refractivity contribution in [2.75, 3.05) is 12.4 Å². The molecule has 6 heteroatoms. The van der Waals surface area contributed by atoms with Crippen molar-refractivity contribution in [3.05, 3.63) is 66.2 Å². The molecule has 0 aliphatic rings. The Hall–Kier alpha value is -2.99. The summed E-state index contributed by atoms with van der Waals surface area (Å²) in [5.41, 5.74) is 4.38. The minimum absolute atomic E-state index is 0.0815. The summed E-state index contributed by atoms with van der Waals surface area (Å²) in [5.74, 6) is -0.593. The van der Waals surface area contributed by atoms with Crippen molar-refractivity contribution in [3.63, 3.8) is 0 Å². The number of anilines is 1. The third kappa shape index (κ3) is 5.86. The molecule has 2 aromatic carbocycles. The fourth-order valence-electron chi connectivity index (χ4n) is 2.23. The first kappa shape index (κ1) is 18.4. The Labute approximate surface area is 146 Å². The lowest BCUT2D eigenvalue weighted by Crippen LogP contribution is -2.28. The standard InChI is InChI=1S/C19H21N3O3/c1-14(13-17(23)20-16-11-7-4-8-12-16)21-22-19(24)18(25-2)15-9-5-3-6-10-15/h3-12,18H,13H2,1-2H3,(H,20,23)(H,22,24)/b21-14-/t18-/m0/s1. The highest BCUT2D eigenvalue weighted by Gasteiger charge is 2.19. The molecule has 2 rings (SSSR count). The highest BCUT2D eigenvalue weighted by atomic mass is 16.5. The fourth-order valence-corrected chi connectivity index (χ4v) is 2.23. The number of rotatable bonds is 7. The summed E-state index contributed by atoms with van der Waals surface area (Å²) in [6.45, 7) is 1.68. The lowest BCUT2D eigenvalue weighted by atomic mass is 10.1. The zero-order chi connectivity index (χ0) is 18.1. The number of benzene rings is 2. The van der Waals surface area contributed by atoms with Gasteiger partial charge in [0.1, 0.15) is 0 Å². The van der Waals surface area contributed by atoms with E-state index in [0.717, 1.165) is 5.56 Å². The van der Waals surface area contributed by atoms with Gasteiger partial charge >= 0.3 is 0 Å². The Morgan fingerprint density at radius 2 is 1.64 bits per heavy atom. The molecule has 0 radical (unpaired) electrons. The van der Waals surface area contributed by atoms with Crippen LogP contribution in [0.25, 0.3) is 0 Å². The van der Waals surface area contributed by atoms with Gasteiger partial charge in [-0.1, -0.05) is 48.5 Å². The van der Waals surface area contributed by atoms with Crippen LogP contribution in [0.15, 0.2) is 65.8 Å². The minimum Gasteiger partial charge on any atom is -0.367 e. The van der Waals surface area contributed by atoms with Gasteiger partial charge in [-0.3, -0.25) is 9.59 Å². The summed E-state index contributed by atoms with van der Waals surface area (Å²) in [6, 6.07) is 18.3. The van der Waals surface area contributed by atoms with Crippen molar-refractivity contribution >= 4 is 23.2 Å². The molecule has 2 amide bonds. The number of carbonyl (C=O) groups is 2. The topological polar surface area (TPSA) is 79.8 Å². The Kier molecular flexibility index (Phi) is 6.86. The normalized spacial score (nSPS) is 12.3. The number of nitrogens with one attached hydrogen (secondary N) is 2. The van der Waals surface area contributed by atoms with Gasteiger partial charge in [-0.15, -0.1) is 0 Å². The van der Waals surface area contributed by atoms with Crippen LogP contribution in [-0.2, 0) is 14.3 Å². The maximum Gasteiger partial charge on any atom is 0.273 e. The summed E-state index contributed by atoms with van der Waals surface area (Å²) < 4.78 is 5.23. The van der Waals surface area contributed by atoms with E-state index in [1.807, 2.05) is 36.4 Å². The van der Waals surface area contributed by atoms with E-state index in [-0.39, 0.29) is 12.3 Å². The molecule has 0 fully saturated rings. The number of nitrogens with zero attached hydrogens (tertiary/aromatic N) is 1. The summed E-state index contributed by atoms with van der Waals surface area (Å²) in [6.07, 6.45) is -0.672. The molecule has 0 saturated heterocycles. The molecule has 0 unspecified atom stereocenters. The summed E-state index contributed by atoms with van der Waals surface area (Å²) >= 11 is 0. The minimum atomic E-state index is -0.754. The Balaban J connectivity index is 1.89. The number of hydrogen-bond acceptors (Lipinski definition) is 4. The zero-order valence-corrected chi connectivity index (χ0v) is 14.2. The van der Waals surface area contributed by atoms with Crippen LogP contribution < -0.4 is 10.7 Å². The van der Waals surface area contributed by atoms with Crippen molar-refractivity contribution in [2.45, 2.75) is 19.4 Å². The molecule has 2 N–H and O–H groups in total. The molecule has 0 spiro atoms. The Morgan fingerprint density at radius 3 is 2.24 bits per heavy atom. The number of hydrogen-bond donors (Lipinski definition) is 2. The summed E-state index contributed by atoms with van der Waals surface area (Å²) in [5, 5.41) is 6.74. The fraction of sp³-hybridized carbons (Fsp3) is 0.211. The van der Waals surface area contributed by atoms with Crippen LogP contribution in [0, 0.1) is 0 Å². The molecule has 1 atom stereocenters. The summed E-state index contributed by atoms with van der Waals surface area (Å²) in [7, 11) is 1.46. The van der Waals surface area contributed by atoms with E-state index in [9.17, 15) is 9.59 Å². The Morgan fingerprint density at radius 1 is 1.04 bits per heavy atom. The van der Waals surface area contributed by atoms with Crippen LogP contribution in [0.2, 0.25) is 0 Å². The second-order valence-electron chi connectivity index (χ2n) is 5.44. The Bertz CT molecular complexity index is 730. The number of amides is 2. The second-order valence-corrected chi connectivity index (χ2v) is 5.44. The maximum atomic E-state index is 12.2. The first-order chi connectivity index (χ1) is 12.1. The van der Waals surface area contributed by atoms with Gasteiger partial charge in [0, 0.05) is 18.5 Å². The molecule has 0 aromatic heterocycles. The van der Waals surface area contributed by atoms with Crippen molar-refractivity contribution in [2.24, 2.45) is 5.10 Å². The first-order valence-corrected chi connectivity index (χ1v) is 7.86. The molecule has 2 aromatic rings. The van der Waals surface area contributed by atoms with Crippen LogP contribution in [0.1, 0.15) is 25.0 Å². The van der Waals surface area contributed by atoms with Gasteiger partial charge in [0.05, 0.1) is 6.42 Å². The average Bonchev–Trinajstić information content (AvgIpc) is 2.62. The third-order valence-electron chi connectivity index (χ3n) is 3.41. The van der Waals surface area contributed by atoms with Gasteiger partial charge in [0.2, 0.25) is 5.91 Å². The van der Waals surface area contributed by atoms with Crippen LogP contribution in [0.3, 0.4) is 0 Å². The molecular formula is C19H21N3O3. The predicted octanol–water partition coefficient (Wildman–Crippen LogP) is 2.90. The number of carbonyl (C=O) groups excluding carboxylic acids is 2. The van der Waals surface area contributed by atoms with Crippen LogP contribution in [0.5, 0.6) is 0 Å². The van der Waals surface area contributed by atoms with Crippen molar-refractivity contribution in [1.29, 1.82) is 0 Å². The van der Waals surface area contributed by atoms with E-state index in [0.29, 0.717) is 11.4 Å². The smallest absolute Gasteiger partial charge is 0.273 e.